The van der Waals surface area contributed by atoms with E-state index in [1.807, 2.05) is 0 Å². The summed E-state index contributed by atoms with van der Waals surface area (Å²) in [4.78, 5) is 0. The van der Waals surface area contributed by atoms with Gasteiger partial charge < -0.3 is 60.3 Å². The Morgan fingerprint density at radius 3 is 0.613 bits per heavy atom. The molecule has 80 heavy (non-hydrogen) atoms. The number of rotatable bonds is 64. The fraction of sp³-hybridized carbons (Fsp3) is 1.00. The molecule has 0 aromatic heterocycles. The normalized spacial score (nSPS) is 12.2. The number of unbranched alkanes of at least 4 members (excludes halogenated alkanes) is 32. The zero-order valence-electron chi connectivity index (χ0n) is 56.7. The van der Waals surface area contributed by atoms with Crippen molar-refractivity contribution >= 4 is 17.6 Å². The molecule has 0 aromatic carbocycles. The van der Waals surface area contributed by atoms with Gasteiger partial charge in [0.2, 0.25) is 0 Å². The molecule has 0 radical (unpaired) electrons. The molecule has 0 fully saturated rings. The Morgan fingerprint density at radius 1 is 0.212 bits per heavy atom. The maximum atomic E-state index is 6.44. The average molecular weight is 1220 g/mol. The second-order valence-electron chi connectivity index (χ2n) is 25.2. The molecule has 0 aliphatic heterocycles. The highest BCUT2D eigenvalue weighted by Gasteiger charge is 2.42. The van der Waals surface area contributed by atoms with Crippen LogP contribution in [0.1, 0.15) is 338 Å². The van der Waals surface area contributed by atoms with Gasteiger partial charge in [0, 0.05) is 64.6 Å². The molecular weight excluding hydrogens is 1070 g/mol. The zero-order valence-corrected chi connectivity index (χ0v) is 60.2. The number of hydrogen-bond acceptors (Lipinski definition) is 6. The third kappa shape index (κ3) is 57.8. The highest BCUT2D eigenvalue weighted by Crippen LogP contribution is 2.25. The van der Waals surface area contributed by atoms with Gasteiger partial charge >= 0.3 is 17.6 Å². The lowest BCUT2D eigenvalue weighted by Gasteiger charge is -2.36. The summed E-state index contributed by atoms with van der Waals surface area (Å²) < 4.78 is 40.4. The average Bonchev–Trinajstić information content (AvgIpc) is 3.43. The van der Waals surface area contributed by atoms with Crippen LogP contribution in [-0.2, 0) is 26.6 Å². The van der Waals surface area contributed by atoms with E-state index in [0.29, 0.717) is 0 Å². The van der Waals surface area contributed by atoms with Gasteiger partial charge in [-0.25, -0.2) is 0 Å². The van der Waals surface area contributed by atoms with Crippen LogP contribution in [0.2, 0.25) is 12.1 Å². The van der Waals surface area contributed by atoms with Crippen molar-refractivity contribution in [1.82, 2.24) is 0 Å². The molecule has 0 aromatic rings. The summed E-state index contributed by atoms with van der Waals surface area (Å²) in [5.41, 5.74) is 0. The second-order valence-corrected chi connectivity index (χ2v) is 30.6. The van der Waals surface area contributed by atoms with Crippen molar-refractivity contribution in [2.45, 2.75) is 350 Å². The van der Waals surface area contributed by atoms with Gasteiger partial charge in [0.1, 0.15) is 0 Å². The first kappa shape index (κ1) is 87.1. The smallest absolute Gasteiger partial charge is 0.501 e. The maximum Gasteiger partial charge on any atom is 0.501 e. The van der Waals surface area contributed by atoms with Gasteiger partial charge in [0.15, 0.2) is 0 Å². The van der Waals surface area contributed by atoms with E-state index in [1.165, 1.54) is 262 Å². The van der Waals surface area contributed by atoms with Gasteiger partial charge in [-0.15, -0.1) is 0 Å². The standard InChI is InChI=1S/C41H88NO3Si.C27H60NO3Si.2ClH/c1-7-12-14-16-18-20-22-24-26-28-30-32-35-42(6,36-33-31-29-27-25-23-21-19-17-15-13-8-2)37-34-41-46(43-38-9-3,44-39-10-4)45-40-11-5;1-7-11-12-13-14-15-16-17-18-19-20-22-28(5,6)23-21-27-32(29-24-8-2,30-25-9-3)31-26-10-4;;/h7-41H2,1-6H3;7-27H2,1-6H3;2*1H/q2*+1;;/p-2. The molecule has 0 amide bonds. The van der Waals surface area contributed by atoms with Gasteiger partial charge in [0.05, 0.1) is 53.9 Å². The van der Waals surface area contributed by atoms with Crippen LogP contribution < -0.4 is 24.8 Å². The van der Waals surface area contributed by atoms with E-state index >= 15 is 0 Å². The second kappa shape index (κ2) is 65.7. The summed E-state index contributed by atoms with van der Waals surface area (Å²) in [5, 5.41) is 0. The molecule has 488 valence electrons. The van der Waals surface area contributed by atoms with Crippen molar-refractivity contribution in [2.24, 2.45) is 0 Å². The minimum absolute atomic E-state index is 0. The molecule has 0 atom stereocenters. The van der Waals surface area contributed by atoms with E-state index in [0.717, 1.165) is 108 Å². The molecular formula is C68H148Cl2N2O6Si2. The zero-order chi connectivity index (χ0) is 57.8. The Morgan fingerprint density at radius 2 is 0.388 bits per heavy atom. The van der Waals surface area contributed by atoms with E-state index in [4.69, 9.17) is 26.6 Å². The summed E-state index contributed by atoms with van der Waals surface area (Å²) in [7, 11) is 2.17. The van der Waals surface area contributed by atoms with Gasteiger partial charge in [-0.1, -0.05) is 249 Å². The van der Waals surface area contributed by atoms with Crippen molar-refractivity contribution in [1.29, 1.82) is 0 Å². The van der Waals surface area contributed by atoms with Crippen LogP contribution in [0.3, 0.4) is 0 Å². The van der Waals surface area contributed by atoms with E-state index < -0.39 is 17.6 Å². The number of nitrogens with zero attached hydrogens (tertiary/aromatic N) is 2. The minimum atomic E-state index is -2.61. The molecule has 0 saturated carbocycles. The van der Waals surface area contributed by atoms with Gasteiger partial charge in [-0.05, 0) is 77.0 Å². The number of hydrogen-bond donors (Lipinski definition) is 0. The third-order valence-electron chi connectivity index (χ3n) is 16.1. The minimum Gasteiger partial charge on any atom is -1.00 e. The Bertz CT molecular complexity index is 1090. The van der Waals surface area contributed by atoms with Crippen LogP contribution in [0.4, 0.5) is 0 Å². The fourth-order valence-electron chi connectivity index (χ4n) is 10.9. The van der Waals surface area contributed by atoms with Crippen molar-refractivity contribution in [3.05, 3.63) is 0 Å². The van der Waals surface area contributed by atoms with Crippen molar-refractivity contribution in [3.63, 3.8) is 0 Å². The molecule has 0 rings (SSSR count). The SMILES string of the molecule is CCCCCCCCCCCCCC[N+](C)(CCCCCCCCCCCCCC)CCC[Si](OCCC)(OCCC)OCCC.CCCCCCCCCCCCC[N+](C)(C)CCC[Si](OCCC)(OCCC)OCCC.[Cl-].[Cl-]. The molecule has 0 aliphatic rings. The lowest BCUT2D eigenvalue weighted by molar-refractivity contribution is -0.910. The van der Waals surface area contributed by atoms with E-state index in [2.05, 4.69) is 83.5 Å². The van der Waals surface area contributed by atoms with Crippen molar-refractivity contribution in [2.75, 3.05) is 93.5 Å². The number of halogens is 2. The predicted octanol–water partition coefficient (Wildman–Crippen LogP) is 15.4. The molecule has 0 heterocycles. The van der Waals surface area contributed by atoms with Crippen LogP contribution >= 0.6 is 0 Å². The summed E-state index contributed by atoms with van der Waals surface area (Å²) >= 11 is 0. The quantitative estimate of drug-likeness (QED) is 0.0344. The van der Waals surface area contributed by atoms with Crippen LogP contribution in [0.15, 0.2) is 0 Å². The third-order valence-corrected chi connectivity index (χ3v) is 21.8. The first-order chi connectivity index (χ1) is 38.0. The Hall–Kier alpha value is 0.694. The van der Waals surface area contributed by atoms with Crippen LogP contribution in [0, 0.1) is 0 Å². The van der Waals surface area contributed by atoms with Crippen LogP contribution in [0.5, 0.6) is 0 Å². The maximum absolute atomic E-state index is 6.44. The van der Waals surface area contributed by atoms with Gasteiger partial charge in [-0.3, -0.25) is 0 Å². The molecule has 0 bridgehead atoms. The lowest BCUT2D eigenvalue weighted by Crippen LogP contribution is -3.00. The van der Waals surface area contributed by atoms with E-state index in [9.17, 15) is 0 Å². The van der Waals surface area contributed by atoms with Crippen molar-refractivity contribution < 1.29 is 60.3 Å². The molecule has 0 unspecified atom stereocenters. The first-order valence-corrected chi connectivity index (χ1v) is 39.3. The molecule has 0 spiro atoms. The Labute approximate surface area is 519 Å². The molecule has 12 heteroatoms. The summed E-state index contributed by atoms with van der Waals surface area (Å²) in [6, 6.07) is 1.92. The Balaban J connectivity index is -0.000000748. The Kier molecular flexibility index (Phi) is 71.5. The largest absolute Gasteiger partial charge is 1.00 e. The molecule has 0 saturated heterocycles. The number of quaternary nitrogens is 2. The van der Waals surface area contributed by atoms with Gasteiger partial charge in [-0.2, -0.15) is 0 Å². The van der Waals surface area contributed by atoms with Crippen LogP contribution in [-0.4, -0.2) is 120 Å². The predicted molar refractivity (Wildman–Crippen MR) is 349 cm³/mol. The topological polar surface area (TPSA) is 55.4 Å². The van der Waals surface area contributed by atoms with E-state index in [-0.39, 0.29) is 24.8 Å². The van der Waals surface area contributed by atoms with Gasteiger partial charge in [0.25, 0.3) is 0 Å². The van der Waals surface area contributed by atoms with E-state index in [1.54, 1.807) is 0 Å². The molecule has 0 N–H and O–H groups in total. The monoisotopic (exact) mass is 1220 g/mol. The highest BCUT2D eigenvalue weighted by molar-refractivity contribution is 6.61. The van der Waals surface area contributed by atoms with Crippen molar-refractivity contribution in [3.8, 4) is 0 Å². The summed E-state index contributed by atoms with van der Waals surface area (Å²) in [5.74, 6) is 0. The molecule has 8 nitrogen and oxygen atoms in total. The summed E-state index contributed by atoms with van der Waals surface area (Å²) in [6.45, 7) is 30.8. The molecule has 0 aliphatic carbocycles. The fourth-order valence-corrected chi connectivity index (χ4v) is 16.6. The highest BCUT2D eigenvalue weighted by atomic mass is 35.5. The van der Waals surface area contributed by atoms with Crippen LogP contribution in [0.25, 0.3) is 0 Å². The lowest BCUT2D eigenvalue weighted by atomic mass is 10.0. The first-order valence-electron chi connectivity index (χ1n) is 35.5. The summed E-state index contributed by atoms with van der Waals surface area (Å²) in [6.07, 6.45) is 58.1.